The summed E-state index contributed by atoms with van der Waals surface area (Å²) >= 11 is 3.40. The number of nitrogens with zero attached hydrogens (tertiary/aromatic N) is 1. The number of ether oxygens (including phenoxy) is 1. The van der Waals surface area contributed by atoms with E-state index in [0.29, 0.717) is 36.9 Å². The highest BCUT2D eigenvalue weighted by molar-refractivity contribution is 9.10. The maximum absolute atomic E-state index is 12.3. The van der Waals surface area contributed by atoms with E-state index in [0.717, 1.165) is 17.3 Å². The molecule has 1 heterocycles. The van der Waals surface area contributed by atoms with Gasteiger partial charge in [-0.05, 0) is 59.0 Å². The normalized spacial score (nSPS) is 14.6. The molecule has 0 radical (unpaired) electrons. The quantitative estimate of drug-likeness (QED) is 0.762. The average molecular weight is 431 g/mol. The van der Waals surface area contributed by atoms with Crippen molar-refractivity contribution in [2.75, 3.05) is 26.2 Å². The molecule has 27 heavy (non-hydrogen) atoms. The van der Waals surface area contributed by atoms with Gasteiger partial charge in [-0.25, -0.2) is 0 Å². The first-order valence-electron chi connectivity index (χ1n) is 9.12. The van der Waals surface area contributed by atoms with E-state index in [9.17, 15) is 9.59 Å². The van der Waals surface area contributed by atoms with Crippen molar-refractivity contribution in [2.24, 2.45) is 5.92 Å². The summed E-state index contributed by atoms with van der Waals surface area (Å²) in [5, 5.41) is 3.00. The molecular weight excluding hydrogens is 408 g/mol. The molecule has 3 rings (SSSR count). The standard InChI is InChI=1S/C21H23BrN2O3/c22-19-9-5-4-8-18(19)21(26)23-14-16-10-12-24(13-11-16)20(25)15-27-17-6-2-1-3-7-17/h1-9,16H,10-15H2,(H,23,26). The summed E-state index contributed by atoms with van der Waals surface area (Å²) < 4.78 is 6.33. The van der Waals surface area contributed by atoms with Crippen LogP contribution in [0.5, 0.6) is 5.75 Å². The van der Waals surface area contributed by atoms with E-state index >= 15 is 0 Å². The summed E-state index contributed by atoms with van der Waals surface area (Å²) in [6.45, 7) is 2.09. The topological polar surface area (TPSA) is 58.6 Å². The minimum atomic E-state index is -0.0720. The van der Waals surface area contributed by atoms with Crippen LogP contribution in [0.3, 0.4) is 0 Å². The molecule has 2 amide bonds. The number of carbonyl (C=O) groups excluding carboxylic acids is 2. The monoisotopic (exact) mass is 430 g/mol. The van der Waals surface area contributed by atoms with Crippen molar-refractivity contribution >= 4 is 27.7 Å². The molecule has 0 spiro atoms. The summed E-state index contributed by atoms with van der Waals surface area (Å²) in [4.78, 5) is 26.4. The highest BCUT2D eigenvalue weighted by Crippen LogP contribution is 2.19. The largest absolute Gasteiger partial charge is 0.484 e. The lowest BCUT2D eigenvalue weighted by Crippen LogP contribution is -2.43. The van der Waals surface area contributed by atoms with E-state index in [1.165, 1.54) is 0 Å². The van der Waals surface area contributed by atoms with Crippen LogP contribution in [0.25, 0.3) is 0 Å². The van der Waals surface area contributed by atoms with Crippen LogP contribution in [0.2, 0.25) is 0 Å². The van der Waals surface area contributed by atoms with Crippen molar-refractivity contribution in [1.29, 1.82) is 0 Å². The van der Waals surface area contributed by atoms with Crippen molar-refractivity contribution in [1.82, 2.24) is 10.2 Å². The summed E-state index contributed by atoms with van der Waals surface area (Å²) in [5.41, 5.74) is 0.642. The molecule has 1 aliphatic heterocycles. The smallest absolute Gasteiger partial charge is 0.260 e. The SMILES string of the molecule is O=C(NCC1CCN(C(=O)COc2ccccc2)CC1)c1ccccc1Br. The van der Waals surface area contributed by atoms with Gasteiger partial charge in [0, 0.05) is 24.1 Å². The fourth-order valence-corrected chi connectivity index (χ4v) is 3.58. The molecule has 1 fully saturated rings. The van der Waals surface area contributed by atoms with Crippen molar-refractivity contribution in [3.63, 3.8) is 0 Å². The molecule has 0 aliphatic carbocycles. The van der Waals surface area contributed by atoms with Gasteiger partial charge in [-0.3, -0.25) is 9.59 Å². The number of carbonyl (C=O) groups is 2. The van der Waals surface area contributed by atoms with E-state index < -0.39 is 0 Å². The average Bonchev–Trinajstić information content (AvgIpc) is 2.72. The number of hydrogen-bond donors (Lipinski definition) is 1. The van der Waals surface area contributed by atoms with E-state index in [-0.39, 0.29) is 18.4 Å². The second-order valence-electron chi connectivity index (χ2n) is 6.62. The van der Waals surface area contributed by atoms with Crippen LogP contribution in [0.15, 0.2) is 59.1 Å². The lowest BCUT2D eigenvalue weighted by Gasteiger charge is -2.32. The molecule has 0 saturated carbocycles. The third-order valence-corrected chi connectivity index (χ3v) is 5.43. The number of hydrogen-bond acceptors (Lipinski definition) is 3. The number of amides is 2. The Morgan fingerprint density at radius 3 is 2.41 bits per heavy atom. The van der Waals surface area contributed by atoms with Gasteiger partial charge in [0.2, 0.25) is 0 Å². The van der Waals surface area contributed by atoms with Gasteiger partial charge in [0.25, 0.3) is 11.8 Å². The third-order valence-electron chi connectivity index (χ3n) is 4.74. The van der Waals surface area contributed by atoms with Crippen LogP contribution in [0, 0.1) is 5.92 Å². The first kappa shape index (κ1) is 19.4. The Bertz CT molecular complexity index is 774. The molecular formula is C21H23BrN2O3. The van der Waals surface area contributed by atoms with Gasteiger partial charge in [-0.1, -0.05) is 30.3 Å². The fraction of sp³-hybridized carbons (Fsp3) is 0.333. The number of para-hydroxylation sites is 1. The minimum absolute atomic E-state index is 0.00885. The van der Waals surface area contributed by atoms with Crippen molar-refractivity contribution in [2.45, 2.75) is 12.8 Å². The molecule has 0 unspecified atom stereocenters. The first-order chi connectivity index (χ1) is 13.1. The number of benzene rings is 2. The van der Waals surface area contributed by atoms with Gasteiger partial charge in [-0.2, -0.15) is 0 Å². The number of likely N-dealkylation sites (tertiary alicyclic amines) is 1. The van der Waals surface area contributed by atoms with Crippen molar-refractivity contribution < 1.29 is 14.3 Å². The number of piperidine rings is 1. The van der Waals surface area contributed by atoms with Crippen molar-refractivity contribution in [3.05, 3.63) is 64.6 Å². The van der Waals surface area contributed by atoms with Crippen molar-refractivity contribution in [3.8, 4) is 5.75 Å². The summed E-state index contributed by atoms with van der Waals surface area (Å²) in [7, 11) is 0. The molecule has 142 valence electrons. The molecule has 0 aromatic heterocycles. The van der Waals surface area contributed by atoms with Gasteiger partial charge in [-0.15, -0.1) is 0 Å². The molecule has 1 saturated heterocycles. The Hall–Kier alpha value is -2.34. The van der Waals surface area contributed by atoms with Crippen LogP contribution in [-0.4, -0.2) is 43.0 Å². The zero-order valence-electron chi connectivity index (χ0n) is 15.1. The lowest BCUT2D eigenvalue weighted by molar-refractivity contribution is -0.134. The Balaban J connectivity index is 1.39. The molecule has 6 heteroatoms. The summed E-state index contributed by atoms with van der Waals surface area (Å²) in [5.74, 6) is 1.03. The molecule has 0 bridgehead atoms. The zero-order chi connectivity index (χ0) is 19.1. The highest BCUT2D eigenvalue weighted by atomic mass is 79.9. The number of halogens is 1. The Labute approximate surface area is 167 Å². The number of nitrogens with one attached hydrogen (secondary N) is 1. The second kappa shape index (κ2) is 9.55. The zero-order valence-corrected chi connectivity index (χ0v) is 16.7. The van der Waals surface area contributed by atoms with Crippen LogP contribution in [0.1, 0.15) is 23.2 Å². The fourth-order valence-electron chi connectivity index (χ4n) is 3.12. The minimum Gasteiger partial charge on any atom is -0.484 e. The van der Waals surface area contributed by atoms with E-state index in [1.807, 2.05) is 53.4 Å². The predicted molar refractivity (Wildman–Crippen MR) is 108 cm³/mol. The Morgan fingerprint density at radius 2 is 1.70 bits per heavy atom. The van der Waals surface area contributed by atoms with Gasteiger partial charge in [0.1, 0.15) is 5.75 Å². The lowest BCUT2D eigenvalue weighted by atomic mass is 9.96. The third kappa shape index (κ3) is 5.57. The maximum Gasteiger partial charge on any atom is 0.260 e. The molecule has 2 aromatic carbocycles. The van der Waals surface area contributed by atoms with E-state index in [2.05, 4.69) is 21.2 Å². The molecule has 5 nitrogen and oxygen atoms in total. The molecule has 1 aliphatic rings. The van der Waals surface area contributed by atoms with Gasteiger partial charge >= 0.3 is 0 Å². The van der Waals surface area contributed by atoms with E-state index in [4.69, 9.17) is 4.74 Å². The highest BCUT2D eigenvalue weighted by Gasteiger charge is 2.23. The Morgan fingerprint density at radius 1 is 1.04 bits per heavy atom. The van der Waals surface area contributed by atoms with Crippen LogP contribution < -0.4 is 10.1 Å². The second-order valence-corrected chi connectivity index (χ2v) is 7.47. The first-order valence-corrected chi connectivity index (χ1v) is 9.91. The van der Waals surface area contributed by atoms with Gasteiger partial charge in [0.15, 0.2) is 6.61 Å². The molecule has 1 N–H and O–H groups in total. The van der Waals surface area contributed by atoms with Gasteiger partial charge < -0.3 is 15.0 Å². The summed E-state index contributed by atoms with van der Waals surface area (Å²) in [6, 6.07) is 16.7. The Kier molecular flexibility index (Phi) is 6.87. The molecule has 0 atom stereocenters. The number of rotatable bonds is 6. The van der Waals surface area contributed by atoms with Gasteiger partial charge in [0.05, 0.1) is 5.56 Å². The predicted octanol–water partition coefficient (Wildman–Crippen LogP) is 3.50. The van der Waals surface area contributed by atoms with Crippen LogP contribution in [0.4, 0.5) is 0 Å². The summed E-state index contributed by atoms with van der Waals surface area (Å²) in [6.07, 6.45) is 1.76. The van der Waals surface area contributed by atoms with E-state index in [1.54, 1.807) is 6.07 Å². The van der Waals surface area contributed by atoms with Crippen LogP contribution in [-0.2, 0) is 4.79 Å². The van der Waals surface area contributed by atoms with Crippen LogP contribution >= 0.6 is 15.9 Å². The maximum atomic E-state index is 12.3. The molecule has 2 aromatic rings.